The Bertz CT molecular complexity index is 624. The molecule has 1 aromatic carbocycles. The average Bonchev–Trinajstić information content (AvgIpc) is 3.15. The summed E-state index contributed by atoms with van der Waals surface area (Å²) in [6.07, 6.45) is 1.92. The van der Waals surface area contributed by atoms with Crippen molar-refractivity contribution in [2.24, 2.45) is 0 Å². The summed E-state index contributed by atoms with van der Waals surface area (Å²) in [5.74, 6) is -0.303. The van der Waals surface area contributed by atoms with Gasteiger partial charge in [-0.15, -0.1) is 0 Å². The molecule has 1 fully saturated rings. The molecule has 7 heteroatoms. The Morgan fingerprint density at radius 1 is 1.40 bits per heavy atom. The van der Waals surface area contributed by atoms with Crippen LogP contribution in [0.1, 0.15) is 25.3 Å². The number of amides is 1. The second kappa shape index (κ2) is 5.41. The van der Waals surface area contributed by atoms with Crippen molar-refractivity contribution in [1.29, 1.82) is 0 Å². The van der Waals surface area contributed by atoms with E-state index in [9.17, 15) is 13.2 Å². The van der Waals surface area contributed by atoms with E-state index in [1.807, 2.05) is 0 Å². The van der Waals surface area contributed by atoms with Gasteiger partial charge in [0.05, 0.1) is 10.9 Å². The van der Waals surface area contributed by atoms with Gasteiger partial charge in [0.2, 0.25) is 15.9 Å². The number of carbonyl (C=O) groups excluding carboxylic acids is 1. The fourth-order valence-corrected chi connectivity index (χ4v) is 3.01. The van der Waals surface area contributed by atoms with Gasteiger partial charge in [0.25, 0.3) is 0 Å². The molecule has 1 aliphatic carbocycles. The van der Waals surface area contributed by atoms with E-state index in [1.54, 1.807) is 13.0 Å². The largest absolute Gasteiger partial charge is 0.399 e. The number of nitrogens with two attached hydrogens (primary N) is 1. The number of aryl methyl sites for hydroxylation is 1. The van der Waals surface area contributed by atoms with Crippen molar-refractivity contribution >= 4 is 21.6 Å². The minimum Gasteiger partial charge on any atom is -0.399 e. The molecule has 0 aliphatic heterocycles. The van der Waals surface area contributed by atoms with Crippen LogP contribution in [0.2, 0.25) is 0 Å². The Labute approximate surface area is 118 Å². The van der Waals surface area contributed by atoms with Gasteiger partial charge in [-0.1, -0.05) is 0 Å². The molecule has 0 bridgehead atoms. The molecule has 0 aromatic heterocycles. The fourth-order valence-electron chi connectivity index (χ4n) is 1.72. The van der Waals surface area contributed by atoms with Gasteiger partial charge in [0, 0.05) is 11.7 Å². The van der Waals surface area contributed by atoms with E-state index in [4.69, 9.17) is 5.73 Å². The lowest BCUT2D eigenvalue weighted by molar-refractivity contribution is -0.122. The summed E-state index contributed by atoms with van der Waals surface area (Å²) in [6, 6.07) is 3.85. The standard InChI is InChI=1S/C13H19N3O3S/c1-8-7-11(5-6-12(8)14)20(18,19)16-9(2)13(17)15-10-3-4-10/h5-7,9-10,16H,3-4,14H2,1-2H3,(H,15,17). The number of benzene rings is 1. The third-order valence-corrected chi connectivity index (χ3v) is 4.74. The van der Waals surface area contributed by atoms with Gasteiger partial charge in [0.15, 0.2) is 0 Å². The zero-order valence-electron chi connectivity index (χ0n) is 11.5. The van der Waals surface area contributed by atoms with Gasteiger partial charge >= 0.3 is 0 Å². The van der Waals surface area contributed by atoms with Crippen molar-refractivity contribution in [2.45, 2.75) is 43.7 Å². The van der Waals surface area contributed by atoms with Crippen LogP contribution in [0.5, 0.6) is 0 Å². The molecule has 110 valence electrons. The molecule has 1 aliphatic rings. The number of carbonyl (C=O) groups is 1. The number of rotatable bonds is 5. The van der Waals surface area contributed by atoms with Gasteiger partial charge < -0.3 is 11.1 Å². The first-order valence-electron chi connectivity index (χ1n) is 6.48. The second-order valence-electron chi connectivity index (χ2n) is 5.14. The highest BCUT2D eigenvalue weighted by Crippen LogP contribution is 2.19. The SMILES string of the molecule is Cc1cc(S(=O)(=O)NC(C)C(=O)NC2CC2)ccc1N. The van der Waals surface area contributed by atoms with Crippen molar-refractivity contribution in [2.75, 3.05) is 5.73 Å². The van der Waals surface area contributed by atoms with E-state index in [0.29, 0.717) is 11.3 Å². The Balaban J connectivity index is 2.09. The van der Waals surface area contributed by atoms with Gasteiger partial charge in [-0.05, 0) is 50.5 Å². The number of hydrogen-bond acceptors (Lipinski definition) is 4. The van der Waals surface area contributed by atoms with E-state index >= 15 is 0 Å². The van der Waals surface area contributed by atoms with E-state index in [0.717, 1.165) is 12.8 Å². The van der Waals surface area contributed by atoms with Gasteiger partial charge in [-0.2, -0.15) is 4.72 Å². The van der Waals surface area contributed by atoms with Crippen LogP contribution in [-0.4, -0.2) is 26.4 Å². The summed E-state index contributed by atoms with van der Waals surface area (Å²) in [7, 11) is -3.73. The average molecular weight is 297 g/mol. The highest BCUT2D eigenvalue weighted by Gasteiger charge is 2.28. The molecular weight excluding hydrogens is 278 g/mol. The van der Waals surface area contributed by atoms with Crippen LogP contribution in [0.4, 0.5) is 5.69 Å². The summed E-state index contributed by atoms with van der Waals surface area (Å²) in [6.45, 7) is 3.26. The molecule has 0 radical (unpaired) electrons. The molecule has 1 aromatic rings. The van der Waals surface area contributed by atoms with Crippen molar-refractivity contribution < 1.29 is 13.2 Å². The van der Waals surface area contributed by atoms with E-state index in [-0.39, 0.29) is 16.8 Å². The molecule has 0 saturated heterocycles. The lowest BCUT2D eigenvalue weighted by atomic mass is 10.2. The number of sulfonamides is 1. The zero-order valence-corrected chi connectivity index (χ0v) is 12.3. The van der Waals surface area contributed by atoms with Crippen molar-refractivity contribution in [3.63, 3.8) is 0 Å². The zero-order chi connectivity index (χ0) is 14.9. The molecule has 6 nitrogen and oxygen atoms in total. The van der Waals surface area contributed by atoms with E-state index in [2.05, 4.69) is 10.0 Å². The first-order chi connectivity index (χ1) is 9.29. The molecule has 1 saturated carbocycles. The maximum absolute atomic E-state index is 12.2. The summed E-state index contributed by atoms with van der Waals surface area (Å²) in [4.78, 5) is 11.9. The van der Waals surface area contributed by atoms with Crippen LogP contribution in [-0.2, 0) is 14.8 Å². The highest BCUT2D eigenvalue weighted by molar-refractivity contribution is 7.89. The lowest BCUT2D eigenvalue weighted by Crippen LogP contribution is -2.45. The van der Waals surface area contributed by atoms with Crippen LogP contribution in [0.3, 0.4) is 0 Å². The first kappa shape index (κ1) is 14.8. The minimum absolute atomic E-state index is 0.107. The maximum Gasteiger partial charge on any atom is 0.241 e. The van der Waals surface area contributed by atoms with Crippen LogP contribution >= 0.6 is 0 Å². The van der Waals surface area contributed by atoms with Crippen molar-refractivity contribution in [3.05, 3.63) is 23.8 Å². The monoisotopic (exact) mass is 297 g/mol. The van der Waals surface area contributed by atoms with Crippen LogP contribution < -0.4 is 15.8 Å². The minimum atomic E-state index is -3.73. The first-order valence-corrected chi connectivity index (χ1v) is 7.97. The summed E-state index contributed by atoms with van der Waals surface area (Å²) in [5, 5.41) is 2.76. The molecular formula is C13H19N3O3S. The molecule has 0 heterocycles. The number of nitrogens with one attached hydrogen (secondary N) is 2. The maximum atomic E-state index is 12.2. The third kappa shape index (κ3) is 3.49. The Morgan fingerprint density at radius 3 is 2.60 bits per heavy atom. The van der Waals surface area contributed by atoms with Crippen LogP contribution in [0.15, 0.2) is 23.1 Å². The Morgan fingerprint density at radius 2 is 2.05 bits per heavy atom. The smallest absolute Gasteiger partial charge is 0.241 e. The predicted octanol–water partition coefficient (Wildman–Crippen LogP) is 0.523. The normalized spacial score (nSPS) is 16.7. The van der Waals surface area contributed by atoms with Crippen molar-refractivity contribution in [1.82, 2.24) is 10.0 Å². The van der Waals surface area contributed by atoms with Gasteiger partial charge in [-0.3, -0.25) is 4.79 Å². The number of hydrogen-bond donors (Lipinski definition) is 3. The van der Waals surface area contributed by atoms with Crippen LogP contribution in [0.25, 0.3) is 0 Å². The molecule has 4 N–H and O–H groups in total. The summed E-state index contributed by atoms with van der Waals surface area (Å²) >= 11 is 0. The molecule has 1 unspecified atom stereocenters. The Hall–Kier alpha value is -1.60. The topological polar surface area (TPSA) is 101 Å². The summed E-state index contributed by atoms with van der Waals surface area (Å²) < 4.78 is 26.7. The van der Waals surface area contributed by atoms with Crippen molar-refractivity contribution in [3.8, 4) is 0 Å². The fraction of sp³-hybridized carbons (Fsp3) is 0.462. The Kier molecular flexibility index (Phi) is 4.01. The van der Waals surface area contributed by atoms with Crippen LogP contribution in [0, 0.1) is 6.92 Å². The molecule has 1 amide bonds. The molecule has 20 heavy (non-hydrogen) atoms. The third-order valence-electron chi connectivity index (χ3n) is 3.20. The highest BCUT2D eigenvalue weighted by atomic mass is 32.2. The molecule has 0 spiro atoms. The quantitative estimate of drug-likeness (QED) is 0.690. The predicted molar refractivity (Wildman–Crippen MR) is 76.5 cm³/mol. The lowest BCUT2D eigenvalue weighted by Gasteiger charge is -2.14. The molecule has 2 rings (SSSR count). The number of nitrogen functional groups attached to an aromatic ring is 1. The van der Waals surface area contributed by atoms with E-state index < -0.39 is 16.1 Å². The van der Waals surface area contributed by atoms with Gasteiger partial charge in [0.1, 0.15) is 0 Å². The van der Waals surface area contributed by atoms with E-state index in [1.165, 1.54) is 19.1 Å². The number of anilines is 1. The molecule has 1 atom stereocenters. The van der Waals surface area contributed by atoms with Gasteiger partial charge in [-0.25, -0.2) is 8.42 Å². The summed E-state index contributed by atoms with van der Waals surface area (Å²) in [5.41, 5.74) is 6.88. The second-order valence-corrected chi connectivity index (χ2v) is 6.86.